The van der Waals surface area contributed by atoms with E-state index in [0.29, 0.717) is 18.1 Å². The minimum Gasteiger partial charge on any atom is -0.465 e. The average Bonchev–Trinajstić information content (AvgIpc) is 2.74. The Balaban J connectivity index is 1.72. The van der Waals surface area contributed by atoms with Gasteiger partial charge in [-0.25, -0.2) is 4.79 Å². The van der Waals surface area contributed by atoms with Gasteiger partial charge in [-0.2, -0.15) is 0 Å². The second-order valence-electron chi connectivity index (χ2n) is 8.13. The third-order valence-corrected chi connectivity index (χ3v) is 6.49. The molecule has 1 aliphatic rings. The van der Waals surface area contributed by atoms with Crippen LogP contribution in [-0.4, -0.2) is 41.1 Å². The number of amides is 2. The van der Waals surface area contributed by atoms with Crippen molar-refractivity contribution in [1.82, 2.24) is 10.2 Å². The van der Waals surface area contributed by atoms with Crippen LogP contribution in [0.5, 0.6) is 0 Å². The smallest absolute Gasteiger partial charge is 0.404 e. The van der Waals surface area contributed by atoms with E-state index in [-0.39, 0.29) is 17.4 Å². The summed E-state index contributed by atoms with van der Waals surface area (Å²) in [6, 6.07) is 18.1. The molecule has 2 aromatic carbocycles. The van der Waals surface area contributed by atoms with Gasteiger partial charge < -0.3 is 15.3 Å². The standard InChI is InChI=1S/C24H29ClN2O3/c1-18(28)27(15-12-19-6-3-2-4-7-19)22-10-13-24(14-11-22,17-26-23(29)30)20-8-5-9-21(25)16-20/h2-9,16,22,26H,10-15,17H2,1H3,(H,29,30). The van der Waals surface area contributed by atoms with Gasteiger partial charge in [-0.1, -0.05) is 54.1 Å². The number of carbonyl (C=O) groups is 2. The Morgan fingerprint density at radius 2 is 1.83 bits per heavy atom. The van der Waals surface area contributed by atoms with Gasteiger partial charge in [0.1, 0.15) is 0 Å². The summed E-state index contributed by atoms with van der Waals surface area (Å²) in [5, 5.41) is 12.4. The van der Waals surface area contributed by atoms with Gasteiger partial charge in [-0.05, 0) is 55.4 Å². The molecule has 0 bridgehead atoms. The highest BCUT2D eigenvalue weighted by Crippen LogP contribution is 2.41. The highest BCUT2D eigenvalue weighted by molar-refractivity contribution is 6.30. The maximum Gasteiger partial charge on any atom is 0.404 e. The summed E-state index contributed by atoms with van der Waals surface area (Å²) in [4.78, 5) is 25.5. The molecule has 2 aromatic rings. The molecule has 0 unspecified atom stereocenters. The lowest BCUT2D eigenvalue weighted by Crippen LogP contribution is -2.49. The molecule has 2 amide bonds. The summed E-state index contributed by atoms with van der Waals surface area (Å²) in [6.07, 6.45) is 3.08. The topological polar surface area (TPSA) is 69.6 Å². The zero-order valence-corrected chi connectivity index (χ0v) is 18.1. The predicted octanol–water partition coefficient (Wildman–Crippen LogP) is 4.88. The molecule has 1 fully saturated rings. The van der Waals surface area contributed by atoms with Crippen LogP contribution >= 0.6 is 11.6 Å². The van der Waals surface area contributed by atoms with Crippen LogP contribution in [0.3, 0.4) is 0 Å². The van der Waals surface area contributed by atoms with Crippen molar-refractivity contribution < 1.29 is 14.7 Å². The molecular weight excluding hydrogens is 400 g/mol. The quantitative estimate of drug-likeness (QED) is 0.660. The zero-order chi connectivity index (χ0) is 21.6. The molecule has 0 aliphatic heterocycles. The lowest BCUT2D eigenvalue weighted by molar-refractivity contribution is -0.132. The number of halogens is 1. The second kappa shape index (κ2) is 9.98. The number of hydrogen-bond acceptors (Lipinski definition) is 2. The first-order valence-corrected chi connectivity index (χ1v) is 10.8. The first kappa shape index (κ1) is 22.2. The van der Waals surface area contributed by atoms with E-state index in [4.69, 9.17) is 16.7 Å². The summed E-state index contributed by atoms with van der Waals surface area (Å²) in [5.74, 6) is 0.0925. The number of nitrogens with zero attached hydrogens (tertiary/aromatic N) is 1. The summed E-state index contributed by atoms with van der Waals surface area (Å²) in [6.45, 7) is 2.68. The Labute approximate surface area is 183 Å². The van der Waals surface area contributed by atoms with Crippen LogP contribution in [0.4, 0.5) is 4.79 Å². The molecule has 1 aliphatic carbocycles. The molecule has 0 saturated heterocycles. The Bertz CT molecular complexity index is 864. The number of carboxylic acid groups (broad SMARTS) is 1. The van der Waals surface area contributed by atoms with E-state index < -0.39 is 6.09 Å². The van der Waals surface area contributed by atoms with Crippen molar-refractivity contribution in [2.45, 2.75) is 50.5 Å². The SMILES string of the molecule is CC(=O)N(CCc1ccccc1)C1CCC(CNC(=O)O)(c2cccc(Cl)c2)CC1. The fraction of sp³-hybridized carbons (Fsp3) is 0.417. The molecule has 0 atom stereocenters. The largest absolute Gasteiger partial charge is 0.465 e. The van der Waals surface area contributed by atoms with Gasteiger partial charge in [0.15, 0.2) is 0 Å². The van der Waals surface area contributed by atoms with Crippen LogP contribution in [0, 0.1) is 0 Å². The van der Waals surface area contributed by atoms with E-state index in [9.17, 15) is 9.59 Å². The predicted molar refractivity (Wildman–Crippen MR) is 119 cm³/mol. The van der Waals surface area contributed by atoms with Crippen LogP contribution < -0.4 is 5.32 Å². The second-order valence-corrected chi connectivity index (χ2v) is 8.57. The van der Waals surface area contributed by atoms with Crippen LogP contribution in [0.15, 0.2) is 54.6 Å². The Morgan fingerprint density at radius 3 is 2.43 bits per heavy atom. The van der Waals surface area contributed by atoms with E-state index in [1.807, 2.05) is 47.4 Å². The summed E-state index contributed by atoms with van der Waals surface area (Å²) in [7, 11) is 0. The Morgan fingerprint density at radius 1 is 1.13 bits per heavy atom. The molecule has 30 heavy (non-hydrogen) atoms. The average molecular weight is 429 g/mol. The van der Waals surface area contributed by atoms with Gasteiger partial charge in [0.2, 0.25) is 5.91 Å². The lowest BCUT2D eigenvalue weighted by Gasteiger charge is -2.44. The molecule has 0 radical (unpaired) electrons. The number of nitrogens with one attached hydrogen (secondary N) is 1. The van der Waals surface area contributed by atoms with Crippen LogP contribution in [0.1, 0.15) is 43.7 Å². The van der Waals surface area contributed by atoms with Crippen molar-refractivity contribution in [3.05, 3.63) is 70.7 Å². The Hall–Kier alpha value is -2.53. The highest BCUT2D eigenvalue weighted by Gasteiger charge is 2.39. The van der Waals surface area contributed by atoms with Crippen LogP contribution in [0.2, 0.25) is 5.02 Å². The first-order valence-electron chi connectivity index (χ1n) is 10.4. The first-order chi connectivity index (χ1) is 14.4. The maximum absolute atomic E-state index is 12.4. The Kier molecular flexibility index (Phi) is 7.38. The maximum atomic E-state index is 12.4. The number of carbonyl (C=O) groups excluding carboxylic acids is 1. The third-order valence-electron chi connectivity index (χ3n) is 6.26. The number of hydrogen-bond donors (Lipinski definition) is 2. The van der Waals surface area contributed by atoms with E-state index >= 15 is 0 Å². The fourth-order valence-electron chi connectivity index (χ4n) is 4.59. The molecule has 0 aromatic heterocycles. The molecule has 1 saturated carbocycles. The van der Waals surface area contributed by atoms with Crippen molar-refractivity contribution in [3.8, 4) is 0 Å². The normalized spacial score (nSPS) is 21.1. The van der Waals surface area contributed by atoms with Crippen LogP contribution in [0.25, 0.3) is 0 Å². The lowest BCUT2D eigenvalue weighted by atomic mass is 9.68. The van der Waals surface area contributed by atoms with Gasteiger partial charge in [-0.15, -0.1) is 0 Å². The highest BCUT2D eigenvalue weighted by atomic mass is 35.5. The van der Waals surface area contributed by atoms with E-state index in [0.717, 1.165) is 37.7 Å². The van der Waals surface area contributed by atoms with Crippen molar-refractivity contribution in [2.75, 3.05) is 13.1 Å². The molecule has 0 spiro atoms. The number of rotatable bonds is 7. The molecule has 160 valence electrons. The molecule has 0 heterocycles. The minimum absolute atomic E-state index is 0.0925. The molecule has 6 heteroatoms. The van der Waals surface area contributed by atoms with E-state index in [1.54, 1.807) is 6.92 Å². The molecule has 2 N–H and O–H groups in total. The minimum atomic E-state index is -1.02. The monoisotopic (exact) mass is 428 g/mol. The van der Waals surface area contributed by atoms with Crippen molar-refractivity contribution in [2.24, 2.45) is 0 Å². The number of benzene rings is 2. The van der Waals surface area contributed by atoms with Gasteiger partial charge in [0.05, 0.1) is 0 Å². The van der Waals surface area contributed by atoms with E-state index in [2.05, 4.69) is 17.4 Å². The van der Waals surface area contributed by atoms with Gasteiger partial charge in [0.25, 0.3) is 0 Å². The zero-order valence-electron chi connectivity index (χ0n) is 17.3. The van der Waals surface area contributed by atoms with Crippen molar-refractivity contribution >= 4 is 23.6 Å². The summed E-state index contributed by atoms with van der Waals surface area (Å²) in [5.41, 5.74) is 1.97. The molecule has 3 rings (SSSR count). The van der Waals surface area contributed by atoms with Gasteiger partial charge >= 0.3 is 6.09 Å². The van der Waals surface area contributed by atoms with Crippen molar-refractivity contribution in [1.29, 1.82) is 0 Å². The summed E-state index contributed by atoms with van der Waals surface area (Å²) < 4.78 is 0. The molecule has 5 nitrogen and oxygen atoms in total. The summed E-state index contributed by atoms with van der Waals surface area (Å²) >= 11 is 6.22. The third kappa shape index (κ3) is 5.54. The fourth-order valence-corrected chi connectivity index (χ4v) is 4.78. The van der Waals surface area contributed by atoms with E-state index in [1.165, 1.54) is 5.56 Å². The van der Waals surface area contributed by atoms with Gasteiger partial charge in [0, 0.05) is 36.5 Å². The molecular formula is C24H29ClN2O3. The van der Waals surface area contributed by atoms with Gasteiger partial charge in [-0.3, -0.25) is 4.79 Å². The van der Waals surface area contributed by atoms with Crippen molar-refractivity contribution in [3.63, 3.8) is 0 Å². The van der Waals surface area contributed by atoms with Crippen LogP contribution in [-0.2, 0) is 16.6 Å².